The molecule has 29 heavy (non-hydrogen) atoms. The minimum absolute atomic E-state index is 0.153. The molecule has 0 spiro atoms. The third-order valence-corrected chi connectivity index (χ3v) is 4.83. The van der Waals surface area contributed by atoms with E-state index >= 15 is 0 Å². The molecular weight excluding hydrogens is 376 g/mol. The topological polar surface area (TPSA) is 53.0 Å². The highest BCUT2D eigenvalue weighted by Crippen LogP contribution is 2.19. The number of rotatable bonds is 7. The predicted octanol–water partition coefficient (Wildman–Crippen LogP) is 3.49. The minimum atomic E-state index is -2.81. The highest BCUT2D eigenvalue weighted by atomic mass is 19.3. The molecule has 1 aromatic carbocycles. The molecule has 0 aliphatic carbocycles. The van der Waals surface area contributed by atoms with Crippen molar-refractivity contribution in [2.24, 2.45) is 4.99 Å². The lowest BCUT2D eigenvalue weighted by molar-refractivity contribution is -0.0498. The zero-order valence-corrected chi connectivity index (χ0v) is 16.8. The standard InChI is InChI=1S/C21H27F2N5O/c1-24-21(27(2)15-16-5-7-18(8-6-16)29-20(22)23)26-14-17-9-10-25-19(13-17)28-11-3-4-12-28/h5-10,13,20H,3-4,11-12,14-15H2,1-2H3,(H,24,26). The number of nitrogens with zero attached hydrogens (tertiary/aromatic N) is 4. The van der Waals surface area contributed by atoms with Crippen LogP contribution in [0.1, 0.15) is 24.0 Å². The average Bonchev–Trinajstić information content (AvgIpc) is 3.25. The highest BCUT2D eigenvalue weighted by molar-refractivity contribution is 5.79. The van der Waals surface area contributed by atoms with Gasteiger partial charge in [0.15, 0.2) is 5.96 Å². The molecule has 1 saturated heterocycles. The van der Waals surface area contributed by atoms with Crippen molar-refractivity contribution in [3.05, 3.63) is 53.7 Å². The van der Waals surface area contributed by atoms with Crippen LogP contribution < -0.4 is 15.0 Å². The molecule has 1 fully saturated rings. The molecule has 0 radical (unpaired) electrons. The second kappa shape index (κ2) is 10.0. The van der Waals surface area contributed by atoms with Crippen molar-refractivity contribution in [2.45, 2.75) is 32.5 Å². The molecule has 0 unspecified atom stereocenters. The number of pyridine rings is 1. The average molecular weight is 403 g/mol. The molecular formula is C21H27F2N5O. The molecule has 0 saturated carbocycles. The Labute approximate surface area is 170 Å². The van der Waals surface area contributed by atoms with Crippen molar-refractivity contribution in [3.8, 4) is 5.75 Å². The summed E-state index contributed by atoms with van der Waals surface area (Å²) in [5.74, 6) is 1.93. The molecule has 3 rings (SSSR count). The van der Waals surface area contributed by atoms with Gasteiger partial charge >= 0.3 is 6.61 Å². The van der Waals surface area contributed by atoms with E-state index in [0.29, 0.717) is 13.1 Å². The van der Waals surface area contributed by atoms with Gasteiger partial charge in [0, 0.05) is 46.5 Å². The van der Waals surface area contributed by atoms with Crippen LogP contribution in [0.25, 0.3) is 0 Å². The molecule has 2 aromatic rings. The number of guanidine groups is 1. The number of alkyl halides is 2. The van der Waals surface area contributed by atoms with Crippen LogP contribution in [0.3, 0.4) is 0 Å². The van der Waals surface area contributed by atoms with E-state index in [9.17, 15) is 8.78 Å². The van der Waals surface area contributed by atoms with E-state index in [0.717, 1.165) is 36.0 Å². The van der Waals surface area contributed by atoms with Crippen molar-refractivity contribution < 1.29 is 13.5 Å². The minimum Gasteiger partial charge on any atom is -0.435 e. The molecule has 0 atom stereocenters. The number of hydrogen-bond acceptors (Lipinski definition) is 4. The summed E-state index contributed by atoms with van der Waals surface area (Å²) in [5.41, 5.74) is 2.11. The van der Waals surface area contributed by atoms with Crippen molar-refractivity contribution in [1.82, 2.24) is 15.2 Å². The number of aromatic nitrogens is 1. The van der Waals surface area contributed by atoms with Gasteiger partial charge in [0.2, 0.25) is 0 Å². The lowest BCUT2D eigenvalue weighted by atomic mass is 10.2. The van der Waals surface area contributed by atoms with Crippen LogP contribution >= 0.6 is 0 Å². The highest BCUT2D eigenvalue weighted by Gasteiger charge is 2.14. The van der Waals surface area contributed by atoms with Crippen LogP contribution in [0, 0.1) is 0 Å². The zero-order chi connectivity index (χ0) is 20.6. The van der Waals surface area contributed by atoms with Gasteiger partial charge in [0.1, 0.15) is 11.6 Å². The van der Waals surface area contributed by atoms with E-state index in [2.05, 4.69) is 31.0 Å². The van der Waals surface area contributed by atoms with Gasteiger partial charge in [-0.1, -0.05) is 12.1 Å². The van der Waals surface area contributed by atoms with Crippen LogP contribution in [0.2, 0.25) is 0 Å². The first kappa shape index (κ1) is 20.8. The fourth-order valence-electron chi connectivity index (χ4n) is 3.38. The van der Waals surface area contributed by atoms with E-state index in [-0.39, 0.29) is 5.75 Å². The molecule has 0 bridgehead atoms. The third-order valence-electron chi connectivity index (χ3n) is 4.83. The molecule has 2 heterocycles. The monoisotopic (exact) mass is 403 g/mol. The maximum absolute atomic E-state index is 12.3. The molecule has 1 aliphatic heterocycles. The number of anilines is 1. The largest absolute Gasteiger partial charge is 0.435 e. The zero-order valence-electron chi connectivity index (χ0n) is 16.8. The number of ether oxygens (including phenoxy) is 1. The Morgan fingerprint density at radius 2 is 1.93 bits per heavy atom. The number of aliphatic imine (C=N–C) groups is 1. The first-order valence-corrected chi connectivity index (χ1v) is 9.70. The molecule has 1 aliphatic rings. The van der Waals surface area contributed by atoms with Crippen LogP contribution in [-0.4, -0.2) is 49.6 Å². The molecule has 8 heteroatoms. The van der Waals surface area contributed by atoms with Crippen molar-refractivity contribution in [3.63, 3.8) is 0 Å². The van der Waals surface area contributed by atoms with Crippen LogP contribution in [-0.2, 0) is 13.1 Å². The van der Waals surface area contributed by atoms with Gasteiger partial charge in [-0.3, -0.25) is 4.99 Å². The maximum atomic E-state index is 12.3. The van der Waals surface area contributed by atoms with Crippen molar-refractivity contribution in [2.75, 3.05) is 32.1 Å². The number of halogens is 2. The van der Waals surface area contributed by atoms with Crippen LogP contribution in [0.5, 0.6) is 5.75 Å². The maximum Gasteiger partial charge on any atom is 0.387 e. The summed E-state index contributed by atoms with van der Waals surface area (Å²) >= 11 is 0. The molecule has 0 amide bonds. The van der Waals surface area contributed by atoms with Gasteiger partial charge in [-0.2, -0.15) is 8.78 Å². The van der Waals surface area contributed by atoms with E-state index in [1.165, 1.54) is 12.8 Å². The first-order chi connectivity index (χ1) is 14.0. The summed E-state index contributed by atoms with van der Waals surface area (Å²) in [6, 6.07) is 10.7. The van der Waals surface area contributed by atoms with Crippen molar-refractivity contribution in [1.29, 1.82) is 0 Å². The Kier molecular flexibility index (Phi) is 7.21. The SMILES string of the molecule is CN=C(NCc1ccnc(N2CCCC2)c1)N(C)Cc1ccc(OC(F)F)cc1. The Bertz CT molecular complexity index is 807. The quantitative estimate of drug-likeness (QED) is 0.567. The van der Waals surface area contributed by atoms with Gasteiger partial charge in [-0.15, -0.1) is 0 Å². The van der Waals surface area contributed by atoms with Crippen LogP contribution in [0.15, 0.2) is 47.6 Å². The smallest absolute Gasteiger partial charge is 0.387 e. The summed E-state index contributed by atoms with van der Waals surface area (Å²) in [4.78, 5) is 13.1. The molecule has 156 valence electrons. The normalized spacial score (nSPS) is 14.4. The van der Waals surface area contributed by atoms with Gasteiger partial charge in [-0.05, 0) is 48.2 Å². The Morgan fingerprint density at radius 3 is 2.59 bits per heavy atom. The summed E-state index contributed by atoms with van der Waals surface area (Å²) in [7, 11) is 3.67. The van der Waals surface area contributed by atoms with Crippen molar-refractivity contribution >= 4 is 11.8 Å². The summed E-state index contributed by atoms with van der Waals surface area (Å²) < 4.78 is 28.9. The van der Waals surface area contributed by atoms with E-state index < -0.39 is 6.61 Å². The Morgan fingerprint density at radius 1 is 1.21 bits per heavy atom. The number of benzene rings is 1. The van der Waals surface area contributed by atoms with E-state index in [1.807, 2.05) is 24.2 Å². The lowest BCUT2D eigenvalue weighted by Crippen LogP contribution is -2.38. The van der Waals surface area contributed by atoms with Gasteiger partial charge in [0.25, 0.3) is 0 Å². The third kappa shape index (κ3) is 6.04. The lowest BCUT2D eigenvalue weighted by Gasteiger charge is -2.23. The summed E-state index contributed by atoms with van der Waals surface area (Å²) in [6.45, 7) is 0.543. The summed E-state index contributed by atoms with van der Waals surface area (Å²) in [5, 5.41) is 3.37. The number of nitrogens with one attached hydrogen (secondary N) is 1. The van der Waals surface area contributed by atoms with Gasteiger partial charge in [-0.25, -0.2) is 4.98 Å². The Balaban J connectivity index is 1.55. The van der Waals surface area contributed by atoms with Gasteiger partial charge in [0.05, 0.1) is 0 Å². The van der Waals surface area contributed by atoms with Gasteiger partial charge < -0.3 is 19.9 Å². The second-order valence-electron chi connectivity index (χ2n) is 7.00. The van der Waals surface area contributed by atoms with E-state index in [1.54, 1.807) is 31.3 Å². The first-order valence-electron chi connectivity index (χ1n) is 9.70. The fourth-order valence-corrected chi connectivity index (χ4v) is 3.38. The fraction of sp³-hybridized carbons (Fsp3) is 0.429. The van der Waals surface area contributed by atoms with Crippen LogP contribution in [0.4, 0.5) is 14.6 Å². The molecule has 6 nitrogen and oxygen atoms in total. The Hall–Kier alpha value is -2.90. The summed E-state index contributed by atoms with van der Waals surface area (Å²) in [6.07, 6.45) is 4.29. The second-order valence-corrected chi connectivity index (χ2v) is 7.00. The molecule has 1 aromatic heterocycles. The molecule has 1 N–H and O–H groups in total. The predicted molar refractivity (Wildman–Crippen MR) is 110 cm³/mol. The van der Waals surface area contributed by atoms with E-state index in [4.69, 9.17) is 0 Å². The number of hydrogen-bond donors (Lipinski definition) is 1.